The van der Waals surface area contributed by atoms with Gasteiger partial charge in [-0.15, -0.1) is 0 Å². The number of rotatable bonds is 7. The highest BCUT2D eigenvalue weighted by atomic mass is 32.2. The van der Waals surface area contributed by atoms with E-state index in [0.29, 0.717) is 6.54 Å². The number of carbonyl (C=O) groups excluding carboxylic acids is 1. The maximum Gasteiger partial charge on any atom is 0.303 e. The van der Waals surface area contributed by atoms with E-state index in [0.717, 1.165) is 40.8 Å². The van der Waals surface area contributed by atoms with Gasteiger partial charge in [0, 0.05) is 37.6 Å². The summed E-state index contributed by atoms with van der Waals surface area (Å²) in [5.74, 6) is -0.347. The molecule has 2 heterocycles. The van der Waals surface area contributed by atoms with Gasteiger partial charge in [0.05, 0.1) is 6.42 Å². The first-order chi connectivity index (χ1) is 14.6. The number of aromatic nitrogens is 1. The minimum absolute atomic E-state index is 0.0182. The lowest BCUT2D eigenvalue weighted by molar-refractivity contribution is -0.118. The van der Waals surface area contributed by atoms with Crippen molar-refractivity contribution in [3.63, 3.8) is 0 Å². The molecular weight excluding hydrogens is 412 g/mol. The predicted octanol–water partition coefficient (Wildman–Crippen LogP) is 2.72. The molecule has 1 aromatic heterocycles. The van der Waals surface area contributed by atoms with Crippen LogP contribution in [0.2, 0.25) is 0 Å². The zero-order chi connectivity index (χ0) is 22.8. The summed E-state index contributed by atoms with van der Waals surface area (Å²) in [6.07, 6.45) is 4.21. The maximum atomic E-state index is 12.9. The van der Waals surface area contributed by atoms with E-state index in [-0.39, 0.29) is 18.4 Å². The van der Waals surface area contributed by atoms with E-state index in [4.69, 9.17) is 0 Å². The Balaban J connectivity index is 1.88. The molecule has 1 aromatic carbocycles. The van der Waals surface area contributed by atoms with Crippen molar-refractivity contribution < 1.29 is 13.2 Å². The standard InChI is InChI=1S/C23H32N4O3S/c1-16(2)20-11-17(3)12-21(18-7-6-9-24-14-18)22(20)13-23(28)25-31(29,30)27(5)19-8-10-26(4)15-19/h6-7,9,11-12,14,16,19H,8,10,13,15H2,1-5H3,(H,25,28). The fraction of sp³-hybridized carbons (Fsp3) is 0.478. The summed E-state index contributed by atoms with van der Waals surface area (Å²) in [7, 11) is -0.415. The van der Waals surface area contributed by atoms with Gasteiger partial charge in [0.2, 0.25) is 5.91 Å². The second-order valence-electron chi connectivity index (χ2n) is 8.70. The first-order valence-corrected chi connectivity index (χ1v) is 12.0. The van der Waals surface area contributed by atoms with Crippen LogP contribution in [0.1, 0.15) is 42.9 Å². The highest BCUT2D eigenvalue weighted by molar-refractivity contribution is 7.87. The third-order valence-corrected chi connectivity index (χ3v) is 7.41. The van der Waals surface area contributed by atoms with Gasteiger partial charge < -0.3 is 4.90 Å². The molecule has 31 heavy (non-hydrogen) atoms. The quantitative estimate of drug-likeness (QED) is 0.710. The second kappa shape index (κ2) is 9.46. The lowest BCUT2D eigenvalue weighted by Gasteiger charge is -2.24. The first kappa shape index (κ1) is 23.4. The molecular formula is C23H32N4O3S. The first-order valence-electron chi connectivity index (χ1n) is 10.6. The van der Waals surface area contributed by atoms with Crippen LogP contribution >= 0.6 is 0 Å². The minimum Gasteiger partial charge on any atom is -0.305 e. The van der Waals surface area contributed by atoms with Crippen molar-refractivity contribution in [2.24, 2.45) is 0 Å². The van der Waals surface area contributed by atoms with Gasteiger partial charge in [-0.2, -0.15) is 12.7 Å². The van der Waals surface area contributed by atoms with Crippen LogP contribution in [0.5, 0.6) is 0 Å². The Morgan fingerprint density at radius 1 is 1.35 bits per heavy atom. The molecule has 0 spiro atoms. The number of likely N-dealkylation sites (tertiary alicyclic amines) is 1. The van der Waals surface area contributed by atoms with E-state index >= 15 is 0 Å². The Kier molecular flexibility index (Phi) is 7.13. The Labute approximate surface area is 185 Å². The van der Waals surface area contributed by atoms with Gasteiger partial charge in [-0.1, -0.05) is 37.6 Å². The van der Waals surface area contributed by atoms with Crippen molar-refractivity contribution in [3.05, 3.63) is 53.3 Å². The van der Waals surface area contributed by atoms with E-state index in [1.165, 1.54) is 11.4 Å². The third kappa shape index (κ3) is 5.50. The third-order valence-electron chi connectivity index (χ3n) is 5.86. The van der Waals surface area contributed by atoms with Gasteiger partial charge in [0.25, 0.3) is 0 Å². The van der Waals surface area contributed by atoms with Gasteiger partial charge >= 0.3 is 10.2 Å². The molecule has 3 rings (SSSR count). The molecule has 1 fully saturated rings. The number of nitrogens with one attached hydrogen (secondary N) is 1. The molecule has 1 aliphatic heterocycles. The average Bonchev–Trinajstić information content (AvgIpc) is 3.14. The molecule has 8 heteroatoms. The number of carbonyl (C=O) groups is 1. The second-order valence-corrected chi connectivity index (χ2v) is 10.4. The van der Waals surface area contributed by atoms with Crippen LogP contribution in [-0.4, -0.2) is 61.7 Å². The van der Waals surface area contributed by atoms with Gasteiger partial charge in [-0.25, -0.2) is 4.72 Å². The topological polar surface area (TPSA) is 82.6 Å². The van der Waals surface area contributed by atoms with Crippen molar-refractivity contribution in [1.82, 2.24) is 18.9 Å². The average molecular weight is 445 g/mol. The fourth-order valence-electron chi connectivity index (χ4n) is 4.15. The normalized spacial score (nSPS) is 17.5. The Morgan fingerprint density at radius 2 is 2.10 bits per heavy atom. The molecule has 7 nitrogen and oxygen atoms in total. The SMILES string of the molecule is Cc1cc(-c2cccnc2)c(CC(=O)NS(=O)(=O)N(C)C2CCN(C)C2)c(C(C)C)c1. The molecule has 0 radical (unpaired) electrons. The van der Waals surface area contributed by atoms with Crippen molar-refractivity contribution in [3.8, 4) is 11.1 Å². The maximum absolute atomic E-state index is 12.9. The Bertz CT molecular complexity index is 1040. The highest BCUT2D eigenvalue weighted by Crippen LogP contribution is 2.32. The molecule has 1 saturated heterocycles. The van der Waals surface area contributed by atoms with Crippen LogP contribution in [0.4, 0.5) is 0 Å². The van der Waals surface area contributed by atoms with Gasteiger partial charge in [0.15, 0.2) is 0 Å². The molecule has 0 saturated carbocycles. The van der Waals surface area contributed by atoms with Crippen LogP contribution in [0.3, 0.4) is 0 Å². The zero-order valence-electron chi connectivity index (χ0n) is 18.9. The molecule has 1 unspecified atom stereocenters. The van der Waals surface area contributed by atoms with Crippen molar-refractivity contribution in [2.45, 2.75) is 45.6 Å². The number of likely N-dealkylation sites (N-methyl/N-ethyl adjacent to an activating group) is 2. The number of nitrogens with zero attached hydrogens (tertiary/aromatic N) is 3. The van der Waals surface area contributed by atoms with E-state index < -0.39 is 16.1 Å². The van der Waals surface area contributed by atoms with Crippen molar-refractivity contribution >= 4 is 16.1 Å². The molecule has 1 atom stereocenters. The van der Waals surface area contributed by atoms with E-state index in [9.17, 15) is 13.2 Å². The van der Waals surface area contributed by atoms with Crippen LogP contribution in [-0.2, 0) is 21.4 Å². The molecule has 0 bridgehead atoms. The summed E-state index contributed by atoms with van der Waals surface area (Å²) < 4.78 is 29.2. The predicted molar refractivity (Wildman–Crippen MR) is 123 cm³/mol. The number of amides is 1. The number of hydrogen-bond donors (Lipinski definition) is 1. The monoisotopic (exact) mass is 444 g/mol. The van der Waals surface area contributed by atoms with Crippen LogP contribution in [0.25, 0.3) is 11.1 Å². The zero-order valence-corrected chi connectivity index (χ0v) is 19.7. The largest absolute Gasteiger partial charge is 0.305 e. The Morgan fingerprint density at radius 3 is 2.68 bits per heavy atom. The minimum atomic E-state index is -3.91. The number of hydrogen-bond acceptors (Lipinski definition) is 5. The number of pyridine rings is 1. The number of benzene rings is 1. The summed E-state index contributed by atoms with van der Waals surface area (Å²) in [6, 6.07) is 7.78. The summed E-state index contributed by atoms with van der Waals surface area (Å²) in [6.45, 7) is 7.67. The summed E-state index contributed by atoms with van der Waals surface area (Å²) in [4.78, 5) is 19.2. The molecule has 0 aliphatic carbocycles. The van der Waals surface area contributed by atoms with Gasteiger partial charge in [0.1, 0.15) is 0 Å². The lowest BCUT2D eigenvalue weighted by atomic mass is 9.87. The summed E-state index contributed by atoms with van der Waals surface area (Å²) in [5, 5.41) is 0. The molecule has 1 amide bonds. The summed E-state index contributed by atoms with van der Waals surface area (Å²) >= 11 is 0. The van der Waals surface area contributed by atoms with Crippen molar-refractivity contribution in [1.29, 1.82) is 0 Å². The molecule has 1 aliphatic rings. The summed E-state index contributed by atoms with van der Waals surface area (Å²) in [5.41, 5.74) is 4.78. The van der Waals surface area contributed by atoms with Gasteiger partial charge in [-0.05, 0) is 55.6 Å². The molecule has 2 aromatic rings. The van der Waals surface area contributed by atoms with Crippen LogP contribution < -0.4 is 4.72 Å². The van der Waals surface area contributed by atoms with E-state index in [1.54, 1.807) is 12.4 Å². The Hall–Kier alpha value is -2.29. The lowest BCUT2D eigenvalue weighted by Crippen LogP contribution is -2.47. The van der Waals surface area contributed by atoms with E-state index in [2.05, 4.69) is 34.5 Å². The van der Waals surface area contributed by atoms with Crippen LogP contribution in [0, 0.1) is 6.92 Å². The van der Waals surface area contributed by atoms with Crippen molar-refractivity contribution in [2.75, 3.05) is 27.2 Å². The highest BCUT2D eigenvalue weighted by Gasteiger charge is 2.32. The van der Waals surface area contributed by atoms with E-state index in [1.807, 2.05) is 32.2 Å². The number of aryl methyl sites for hydroxylation is 1. The van der Waals surface area contributed by atoms with Crippen LogP contribution in [0.15, 0.2) is 36.7 Å². The smallest absolute Gasteiger partial charge is 0.303 e. The fourth-order valence-corrected chi connectivity index (χ4v) is 5.22. The molecule has 168 valence electrons. The van der Waals surface area contributed by atoms with Gasteiger partial charge in [-0.3, -0.25) is 9.78 Å². The molecule has 1 N–H and O–H groups in total.